The Balaban J connectivity index is 2.31. The number of halogens is 1. The molecule has 1 aliphatic rings. The number of aliphatic hydroxyl groups excluding tert-OH is 1. The van der Waals surface area contributed by atoms with Gasteiger partial charge in [-0.1, -0.05) is 24.6 Å². The lowest BCUT2D eigenvalue weighted by atomic mass is 10.1. The number of anilines is 1. The molecule has 1 fully saturated rings. The summed E-state index contributed by atoms with van der Waals surface area (Å²) in [6, 6.07) is 7.21. The van der Waals surface area contributed by atoms with Gasteiger partial charge in [0.05, 0.1) is 6.10 Å². The van der Waals surface area contributed by atoms with Gasteiger partial charge in [-0.15, -0.1) is 0 Å². The molecule has 3 atom stereocenters. The Morgan fingerprint density at radius 3 is 2.72 bits per heavy atom. The van der Waals surface area contributed by atoms with E-state index in [0.717, 1.165) is 5.56 Å². The summed E-state index contributed by atoms with van der Waals surface area (Å²) in [5.41, 5.74) is 1.99. The van der Waals surface area contributed by atoms with Gasteiger partial charge in [0, 0.05) is 22.8 Å². The fourth-order valence-electron chi connectivity index (χ4n) is 2.95. The minimum absolute atomic E-state index is 0.510. The summed E-state index contributed by atoms with van der Waals surface area (Å²) in [7, 11) is 0. The first-order chi connectivity index (χ1) is 8.54. The molecule has 1 aromatic rings. The Kier molecular flexibility index (Phi) is 4.18. The molecule has 0 spiro atoms. The Morgan fingerprint density at radius 2 is 2.17 bits per heavy atom. The molecule has 100 valence electrons. The van der Waals surface area contributed by atoms with Crippen molar-refractivity contribution in [2.24, 2.45) is 0 Å². The van der Waals surface area contributed by atoms with E-state index in [9.17, 15) is 5.11 Å². The number of benzene rings is 1. The summed E-state index contributed by atoms with van der Waals surface area (Å²) in [5.74, 6) is 0. The Labute approximate surface area is 115 Å². The minimum Gasteiger partial charge on any atom is -0.389 e. The van der Waals surface area contributed by atoms with Crippen LogP contribution in [0.25, 0.3) is 0 Å². The highest BCUT2D eigenvalue weighted by atomic mass is 35.5. The van der Waals surface area contributed by atoms with E-state index in [1.165, 1.54) is 24.9 Å². The van der Waals surface area contributed by atoms with Crippen molar-refractivity contribution in [3.05, 3.63) is 28.8 Å². The van der Waals surface area contributed by atoms with Gasteiger partial charge < -0.3 is 10.0 Å². The molecule has 0 aliphatic carbocycles. The molecule has 3 heteroatoms. The van der Waals surface area contributed by atoms with Crippen LogP contribution in [0.4, 0.5) is 5.69 Å². The van der Waals surface area contributed by atoms with Crippen molar-refractivity contribution in [2.45, 2.75) is 58.2 Å². The molecule has 0 aromatic heterocycles. The summed E-state index contributed by atoms with van der Waals surface area (Å²) in [4.78, 5) is 2.47. The van der Waals surface area contributed by atoms with Gasteiger partial charge in [0.1, 0.15) is 0 Å². The molecular formula is C15H22ClNO. The van der Waals surface area contributed by atoms with Crippen LogP contribution in [0.2, 0.25) is 5.02 Å². The molecule has 1 aromatic carbocycles. The number of rotatable bonds is 3. The lowest BCUT2D eigenvalue weighted by molar-refractivity contribution is 0.199. The maximum Gasteiger partial charge on any atom is 0.0776 e. The van der Waals surface area contributed by atoms with E-state index >= 15 is 0 Å². The summed E-state index contributed by atoms with van der Waals surface area (Å²) in [5, 5.41) is 10.3. The van der Waals surface area contributed by atoms with Crippen molar-refractivity contribution in [2.75, 3.05) is 4.90 Å². The maximum atomic E-state index is 9.61. The van der Waals surface area contributed by atoms with Gasteiger partial charge in [-0.25, -0.2) is 0 Å². The second kappa shape index (κ2) is 5.50. The number of hydrogen-bond acceptors (Lipinski definition) is 2. The van der Waals surface area contributed by atoms with Crippen molar-refractivity contribution in [3.8, 4) is 0 Å². The fourth-order valence-corrected chi connectivity index (χ4v) is 3.29. The first-order valence-electron chi connectivity index (χ1n) is 6.80. The number of nitrogens with zero attached hydrogens (tertiary/aromatic N) is 1. The molecule has 18 heavy (non-hydrogen) atoms. The number of aliphatic hydroxyl groups is 1. The molecule has 1 N–H and O–H groups in total. The topological polar surface area (TPSA) is 23.5 Å². The van der Waals surface area contributed by atoms with E-state index in [0.29, 0.717) is 17.1 Å². The zero-order chi connectivity index (χ0) is 13.3. The second-order valence-electron chi connectivity index (χ2n) is 5.28. The van der Waals surface area contributed by atoms with Crippen LogP contribution in [0, 0.1) is 0 Å². The quantitative estimate of drug-likeness (QED) is 0.889. The smallest absolute Gasteiger partial charge is 0.0776 e. The van der Waals surface area contributed by atoms with Gasteiger partial charge in [-0.05, 0) is 50.8 Å². The average molecular weight is 268 g/mol. The van der Waals surface area contributed by atoms with Gasteiger partial charge in [-0.2, -0.15) is 0 Å². The van der Waals surface area contributed by atoms with Crippen molar-refractivity contribution >= 4 is 17.3 Å². The first-order valence-corrected chi connectivity index (χ1v) is 7.18. The lowest BCUT2D eigenvalue weighted by Gasteiger charge is -2.30. The van der Waals surface area contributed by atoms with Crippen LogP contribution in [0.3, 0.4) is 0 Å². The predicted molar refractivity (Wildman–Crippen MR) is 77.3 cm³/mol. The third-order valence-corrected chi connectivity index (χ3v) is 4.32. The fraction of sp³-hybridized carbons (Fsp3) is 0.600. The SMILES string of the molecule is CCC1CCC(C)N1c1ccc(C(C)O)c(Cl)c1. The zero-order valence-corrected chi connectivity index (χ0v) is 12.1. The molecule has 1 saturated heterocycles. The molecule has 0 radical (unpaired) electrons. The largest absolute Gasteiger partial charge is 0.389 e. The van der Waals surface area contributed by atoms with Gasteiger partial charge in [0.2, 0.25) is 0 Å². The normalized spacial score (nSPS) is 25.5. The van der Waals surface area contributed by atoms with E-state index < -0.39 is 6.10 Å². The highest BCUT2D eigenvalue weighted by Crippen LogP contribution is 2.35. The van der Waals surface area contributed by atoms with E-state index in [1.54, 1.807) is 6.92 Å². The summed E-state index contributed by atoms with van der Waals surface area (Å²) in [6.07, 6.45) is 3.16. The first kappa shape index (κ1) is 13.7. The maximum absolute atomic E-state index is 9.61. The molecule has 1 heterocycles. The van der Waals surface area contributed by atoms with Crippen molar-refractivity contribution in [3.63, 3.8) is 0 Å². The van der Waals surface area contributed by atoms with Gasteiger partial charge in [0.15, 0.2) is 0 Å². The third-order valence-electron chi connectivity index (χ3n) is 3.99. The molecule has 2 rings (SSSR count). The van der Waals surface area contributed by atoms with Crippen molar-refractivity contribution in [1.82, 2.24) is 0 Å². The van der Waals surface area contributed by atoms with E-state index in [2.05, 4.69) is 24.8 Å². The van der Waals surface area contributed by atoms with Crippen molar-refractivity contribution < 1.29 is 5.11 Å². The summed E-state index contributed by atoms with van der Waals surface area (Å²) in [6.45, 7) is 6.25. The average Bonchev–Trinajstić information content (AvgIpc) is 2.69. The Bertz CT molecular complexity index is 419. The summed E-state index contributed by atoms with van der Waals surface area (Å²) < 4.78 is 0. The van der Waals surface area contributed by atoms with Gasteiger partial charge in [0.25, 0.3) is 0 Å². The van der Waals surface area contributed by atoms with E-state index in [1.807, 2.05) is 12.1 Å². The summed E-state index contributed by atoms with van der Waals surface area (Å²) >= 11 is 6.25. The predicted octanol–water partition coefficient (Wildman–Crippen LogP) is 4.16. The van der Waals surface area contributed by atoms with Gasteiger partial charge in [-0.3, -0.25) is 0 Å². The van der Waals surface area contributed by atoms with E-state index in [-0.39, 0.29) is 0 Å². The Hall–Kier alpha value is -0.730. The van der Waals surface area contributed by atoms with Crippen LogP contribution in [-0.2, 0) is 0 Å². The van der Waals surface area contributed by atoms with Gasteiger partial charge >= 0.3 is 0 Å². The minimum atomic E-state index is -0.510. The highest BCUT2D eigenvalue weighted by molar-refractivity contribution is 6.31. The van der Waals surface area contributed by atoms with E-state index in [4.69, 9.17) is 11.6 Å². The second-order valence-corrected chi connectivity index (χ2v) is 5.68. The number of hydrogen-bond donors (Lipinski definition) is 1. The molecule has 0 saturated carbocycles. The van der Waals surface area contributed by atoms with Crippen molar-refractivity contribution in [1.29, 1.82) is 0 Å². The monoisotopic (exact) mass is 267 g/mol. The third kappa shape index (κ3) is 2.50. The van der Waals surface area contributed by atoms with Crippen LogP contribution in [0.1, 0.15) is 51.7 Å². The van der Waals surface area contributed by atoms with Crippen LogP contribution in [0.5, 0.6) is 0 Å². The Morgan fingerprint density at radius 1 is 1.44 bits per heavy atom. The molecule has 1 aliphatic heterocycles. The molecule has 0 bridgehead atoms. The zero-order valence-electron chi connectivity index (χ0n) is 11.4. The highest BCUT2D eigenvalue weighted by Gasteiger charge is 2.29. The molecule has 3 unspecified atom stereocenters. The van der Waals surface area contributed by atoms with Crippen LogP contribution in [-0.4, -0.2) is 17.2 Å². The van der Waals surface area contributed by atoms with Crippen LogP contribution in [0.15, 0.2) is 18.2 Å². The molecule has 2 nitrogen and oxygen atoms in total. The standard InChI is InChI=1S/C15H22ClNO/c1-4-12-6-5-10(2)17(12)13-7-8-14(11(3)18)15(16)9-13/h7-12,18H,4-6H2,1-3H3. The molecule has 0 amide bonds. The lowest BCUT2D eigenvalue weighted by Crippen LogP contribution is -2.34. The van der Waals surface area contributed by atoms with Crippen LogP contribution >= 0.6 is 11.6 Å². The molecular weight excluding hydrogens is 246 g/mol. The van der Waals surface area contributed by atoms with Crippen LogP contribution < -0.4 is 4.90 Å².